The van der Waals surface area contributed by atoms with E-state index in [-0.39, 0.29) is 5.69 Å². The van der Waals surface area contributed by atoms with E-state index in [1.807, 2.05) is 0 Å². The zero-order valence-electron chi connectivity index (χ0n) is 10.2. The van der Waals surface area contributed by atoms with Gasteiger partial charge in [0.25, 0.3) is 0 Å². The Bertz CT molecular complexity index is 391. The summed E-state index contributed by atoms with van der Waals surface area (Å²) in [7, 11) is 0. The first kappa shape index (κ1) is 13.3. The van der Waals surface area contributed by atoms with Crippen LogP contribution in [0, 0.1) is 5.92 Å². The number of aromatic nitrogens is 1. The van der Waals surface area contributed by atoms with E-state index < -0.39 is 5.97 Å². The Hall–Kier alpha value is -1.78. The van der Waals surface area contributed by atoms with Gasteiger partial charge in [-0.1, -0.05) is 13.8 Å². The van der Waals surface area contributed by atoms with Crippen LogP contribution in [-0.2, 0) is 0 Å². The highest BCUT2D eigenvalue weighted by Crippen LogP contribution is 2.16. The van der Waals surface area contributed by atoms with Crippen molar-refractivity contribution in [3.63, 3.8) is 0 Å². The van der Waals surface area contributed by atoms with Crippen LogP contribution in [0.3, 0.4) is 0 Å². The number of hydrogen-bond acceptors (Lipinski definition) is 4. The molecule has 0 aliphatic carbocycles. The van der Waals surface area contributed by atoms with Crippen molar-refractivity contribution >= 4 is 17.5 Å². The minimum absolute atomic E-state index is 0.00515. The first-order chi connectivity index (χ1) is 8.00. The monoisotopic (exact) mass is 237 g/mol. The van der Waals surface area contributed by atoms with Gasteiger partial charge in [0.05, 0.1) is 5.69 Å². The van der Waals surface area contributed by atoms with Gasteiger partial charge >= 0.3 is 5.97 Å². The van der Waals surface area contributed by atoms with Gasteiger partial charge in [0.15, 0.2) is 5.69 Å². The van der Waals surface area contributed by atoms with Gasteiger partial charge < -0.3 is 16.2 Å². The molecule has 0 fully saturated rings. The number of carboxylic acids is 1. The van der Waals surface area contributed by atoms with Crippen LogP contribution in [0.15, 0.2) is 12.1 Å². The first-order valence-corrected chi connectivity index (χ1v) is 5.74. The van der Waals surface area contributed by atoms with E-state index in [1.165, 1.54) is 6.07 Å². The number of carboxylic acid groups (broad SMARTS) is 1. The molecule has 1 rings (SSSR count). The Kier molecular flexibility index (Phi) is 4.75. The molecule has 0 atom stereocenters. The molecule has 0 aromatic carbocycles. The van der Waals surface area contributed by atoms with Crippen LogP contribution in [0.4, 0.5) is 11.5 Å². The number of nitrogen functional groups attached to an aromatic ring is 1. The highest BCUT2D eigenvalue weighted by molar-refractivity contribution is 5.86. The predicted molar refractivity (Wildman–Crippen MR) is 68.2 cm³/mol. The molecule has 0 amide bonds. The van der Waals surface area contributed by atoms with Crippen LogP contribution >= 0.6 is 0 Å². The summed E-state index contributed by atoms with van der Waals surface area (Å²) in [6, 6.07) is 2.96. The number of nitrogens with zero attached hydrogens (tertiary/aromatic N) is 1. The van der Waals surface area contributed by atoms with Crippen molar-refractivity contribution in [2.45, 2.75) is 26.7 Å². The molecular formula is C12H19N3O2. The topological polar surface area (TPSA) is 88.2 Å². The molecule has 0 unspecified atom stereocenters. The van der Waals surface area contributed by atoms with Crippen molar-refractivity contribution in [1.82, 2.24) is 4.98 Å². The van der Waals surface area contributed by atoms with Gasteiger partial charge in [0, 0.05) is 6.54 Å². The van der Waals surface area contributed by atoms with Crippen molar-refractivity contribution in [3.05, 3.63) is 17.8 Å². The number of nitrogens with one attached hydrogen (secondary N) is 1. The Morgan fingerprint density at radius 2 is 2.24 bits per heavy atom. The zero-order chi connectivity index (χ0) is 12.8. The van der Waals surface area contributed by atoms with Crippen LogP contribution < -0.4 is 11.1 Å². The molecule has 1 aromatic rings. The molecule has 0 bridgehead atoms. The second kappa shape index (κ2) is 6.08. The molecular weight excluding hydrogens is 218 g/mol. The van der Waals surface area contributed by atoms with E-state index >= 15 is 0 Å². The Labute approximate surface area is 101 Å². The van der Waals surface area contributed by atoms with Gasteiger partial charge in [-0.3, -0.25) is 0 Å². The molecule has 5 heteroatoms. The molecule has 0 saturated carbocycles. The van der Waals surface area contributed by atoms with Crippen molar-refractivity contribution in [3.8, 4) is 0 Å². The van der Waals surface area contributed by atoms with E-state index in [0.29, 0.717) is 17.4 Å². The Morgan fingerprint density at radius 1 is 1.53 bits per heavy atom. The molecule has 0 aliphatic heterocycles. The summed E-state index contributed by atoms with van der Waals surface area (Å²) in [5, 5.41) is 11.9. The molecule has 0 aliphatic rings. The summed E-state index contributed by atoms with van der Waals surface area (Å²) >= 11 is 0. The van der Waals surface area contributed by atoms with Crippen LogP contribution in [0.25, 0.3) is 0 Å². The maximum atomic E-state index is 10.8. The van der Waals surface area contributed by atoms with Gasteiger partial charge in [-0.25, -0.2) is 9.78 Å². The molecule has 94 valence electrons. The third-order valence-electron chi connectivity index (χ3n) is 2.40. The minimum Gasteiger partial charge on any atom is -0.477 e. The summed E-state index contributed by atoms with van der Waals surface area (Å²) in [5.74, 6) is 0.0661. The molecule has 1 aromatic heterocycles. The maximum absolute atomic E-state index is 10.8. The number of anilines is 2. The smallest absolute Gasteiger partial charge is 0.354 e. The molecule has 4 N–H and O–H groups in total. The number of pyridine rings is 1. The van der Waals surface area contributed by atoms with E-state index in [1.54, 1.807) is 6.07 Å². The summed E-state index contributed by atoms with van der Waals surface area (Å²) in [6.07, 6.45) is 2.13. The quantitative estimate of drug-likeness (QED) is 0.660. The van der Waals surface area contributed by atoms with Gasteiger partial charge in [0.1, 0.15) is 5.82 Å². The third-order valence-corrected chi connectivity index (χ3v) is 2.40. The van der Waals surface area contributed by atoms with Gasteiger partial charge in [-0.05, 0) is 30.9 Å². The lowest BCUT2D eigenvalue weighted by Crippen LogP contribution is -2.10. The van der Waals surface area contributed by atoms with E-state index in [2.05, 4.69) is 24.1 Å². The van der Waals surface area contributed by atoms with Crippen molar-refractivity contribution in [2.75, 3.05) is 17.6 Å². The molecule has 17 heavy (non-hydrogen) atoms. The Balaban J connectivity index is 2.57. The van der Waals surface area contributed by atoms with Crippen LogP contribution in [0.5, 0.6) is 0 Å². The Morgan fingerprint density at radius 3 is 2.82 bits per heavy atom. The van der Waals surface area contributed by atoms with E-state index in [0.717, 1.165) is 19.4 Å². The van der Waals surface area contributed by atoms with E-state index in [4.69, 9.17) is 10.8 Å². The molecule has 1 heterocycles. The number of nitrogens with two attached hydrogens (primary N) is 1. The largest absolute Gasteiger partial charge is 0.477 e. The fraction of sp³-hybridized carbons (Fsp3) is 0.500. The molecule has 0 saturated heterocycles. The predicted octanol–water partition coefficient (Wildman–Crippen LogP) is 2.21. The van der Waals surface area contributed by atoms with E-state index in [9.17, 15) is 4.79 Å². The number of hydrogen-bond donors (Lipinski definition) is 3. The highest BCUT2D eigenvalue weighted by atomic mass is 16.4. The van der Waals surface area contributed by atoms with Crippen LogP contribution in [-0.4, -0.2) is 22.6 Å². The summed E-state index contributed by atoms with van der Waals surface area (Å²) in [6.45, 7) is 5.08. The standard InChI is InChI=1S/C12H19N3O2/c1-8(2)4-3-7-14-11-9(13)5-6-10(15-11)12(16)17/h5-6,8H,3-4,7,13H2,1-2H3,(H,14,15)(H,16,17). The van der Waals surface area contributed by atoms with Crippen molar-refractivity contribution < 1.29 is 9.90 Å². The zero-order valence-corrected chi connectivity index (χ0v) is 10.2. The summed E-state index contributed by atoms with van der Waals surface area (Å²) < 4.78 is 0. The number of rotatable bonds is 6. The lowest BCUT2D eigenvalue weighted by molar-refractivity contribution is 0.0690. The summed E-state index contributed by atoms with van der Waals surface area (Å²) in [5.41, 5.74) is 6.19. The van der Waals surface area contributed by atoms with Crippen LogP contribution in [0.1, 0.15) is 37.2 Å². The minimum atomic E-state index is -1.05. The number of aromatic carboxylic acids is 1. The normalized spacial score (nSPS) is 10.5. The highest BCUT2D eigenvalue weighted by Gasteiger charge is 2.08. The summed E-state index contributed by atoms with van der Waals surface area (Å²) in [4.78, 5) is 14.7. The average Bonchev–Trinajstić information content (AvgIpc) is 2.25. The lowest BCUT2D eigenvalue weighted by atomic mass is 10.1. The second-order valence-corrected chi connectivity index (χ2v) is 4.40. The maximum Gasteiger partial charge on any atom is 0.354 e. The van der Waals surface area contributed by atoms with Crippen molar-refractivity contribution in [1.29, 1.82) is 0 Å². The average molecular weight is 237 g/mol. The molecule has 0 spiro atoms. The van der Waals surface area contributed by atoms with Crippen molar-refractivity contribution in [2.24, 2.45) is 5.92 Å². The first-order valence-electron chi connectivity index (χ1n) is 5.74. The van der Waals surface area contributed by atoms with Gasteiger partial charge in [-0.2, -0.15) is 0 Å². The number of carbonyl (C=O) groups is 1. The SMILES string of the molecule is CC(C)CCCNc1nc(C(=O)O)ccc1N. The lowest BCUT2D eigenvalue weighted by Gasteiger charge is -2.09. The third kappa shape index (κ3) is 4.30. The molecule has 0 radical (unpaired) electrons. The van der Waals surface area contributed by atoms with Gasteiger partial charge in [-0.15, -0.1) is 0 Å². The van der Waals surface area contributed by atoms with Crippen LogP contribution in [0.2, 0.25) is 0 Å². The fourth-order valence-electron chi connectivity index (χ4n) is 1.45. The van der Waals surface area contributed by atoms with Gasteiger partial charge in [0.2, 0.25) is 0 Å². The molecule has 5 nitrogen and oxygen atoms in total. The second-order valence-electron chi connectivity index (χ2n) is 4.40. The fourth-order valence-corrected chi connectivity index (χ4v) is 1.45.